The van der Waals surface area contributed by atoms with Gasteiger partial charge in [0.25, 0.3) is 0 Å². The van der Waals surface area contributed by atoms with Crippen LogP contribution in [-0.4, -0.2) is 50.3 Å². The van der Waals surface area contributed by atoms with E-state index in [1.54, 1.807) is 0 Å². The fourth-order valence-electron chi connectivity index (χ4n) is 1.93. The molecule has 0 aromatic heterocycles. The highest BCUT2D eigenvalue weighted by Gasteiger charge is 2.22. The summed E-state index contributed by atoms with van der Waals surface area (Å²) in [7, 11) is 2.01. The molecule has 1 aliphatic heterocycles. The number of rotatable bonds is 5. The Bertz CT molecular complexity index is 152. The van der Waals surface area contributed by atoms with E-state index in [-0.39, 0.29) is 0 Å². The molecule has 0 amide bonds. The van der Waals surface area contributed by atoms with E-state index in [1.165, 1.54) is 6.42 Å². The lowest BCUT2D eigenvalue weighted by atomic mass is 10.1. The molecule has 1 rings (SSSR count). The van der Waals surface area contributed by atoms with Crippen LogP contribution in [0.25, 0.3) is 0 Å². The summed E-state index contributed by atoms with van der Waals surface area (Å²) < 4.78 is 5.65. The van der Waals surface area contributed by atoms with Crippen molar-refractivity contribution in [2.75, 3.05) is 33.3 Å². The molecule has 0 radical (unpaired) electrons. The molecule has 14 heavy (non-hydrogen) atoms. The zero-order valence-electron chi connectivity index (χ0n) is 9.75. The van der Waals surface area contributed by atoms with Crippen LogP contribution in [0.3, 0.4) is 0 Å². The lowest BCUT2D eigenvalue weighted by molar-refractivity contribution is -0.0427. The quantitative estimate of drug-likeness (QED) is 0.719. The van der Waals surface area contributed by atoms with Gasteiger partial charge < -0.3 is 10.1 Å². The molecular formula is C11H24N2O. The maximum atomic E-state index is 5.65. The van der Waals surface area contributed by atoms with Crippen LogP contribution in [0.15, 0.2) is 0 Å². The van der Waals surface area contributed by atoms with Gasteiger partial charge in [-0.3, -0.25) is 4.90 Å². The van der Waals surface area contributed by atoms with Gasteiger partial charge in [0.05, 0.1) is 12.7 Å². The third-order valence-electron chi connectivity index (χ3n) is 3.06. The number of ether oxygens (including phenoxy) is 1. The van der Waals surface area contributed by atoms with E-state index in [2.05, 4.69) is 24.1 Å². The van der Waals surface area contributed by atoms with Gasteiger partial charge in [0, 0.05) is 19.1 Å². The molecule has 3 heteroatoms. The predicted octanol–water partition coefficient (Wildman–Crippen LogP) is 1.10. The van der Waals surface area contributed by atoms with E-state index in [4.69, 9.17) is 4.74 Å². The molecule has 1 N–H and O–H groups in total. The van der Waals surface area contributed by atoms with E-state index >= 15 is 0 Å². The number of nitrogens with zero attached hydrogens (tertiary/aromatic N) is 1. The monoisotopic (exact) mass is 200 g/mol. The number of morpholine rings is 1. The van der Waals surface area contributed by atoms with Crippen molar-refractivity contribution < 1.29 is 4.74 Å². The highest BCUT2D eigenvalue weighted by Crippen LogP contribution is 2.12. The molecule has 0 aromatic carbocycles. The maximum absolute atomic E-state index is 5.65. The van der Waals surface area contributed by atoms with Crippen LogP contribution in [0.5, 0.6) is 0 Å². The van der Waals surface area contributed by atoms with Gasteiger partial charge in [-0.25, -0.2) is 0 Å². The SMILES string of the molecule is CCC1CN(C(C)CCNC)CCO1. The zero-order chi connectivity index (χ0) is 10.4. The van der Waals surface area contributed by atoms with E-state index in [1.807, 2.05) is 7.05 Å². The van der Waals surface area contributed by atoms with Gasteiger partial charge >= 0.3 is 0 Å². The number of hydrogen-bond donors (Lipinski definition) is 1. The van der Waals surface area contributed by atoms with Crippen LogP contribution >= 0.6 is 0 Å². The van der Waals surface area contributed by atoms with Gasteiger partial charge in [0.15, 0.2) is 0 Å². The normalized spacial score (nSPS) is 26.4. The Morgan fingerprint density at radius 1 is 1.57 bits per heavy atom. The molecule has 0 spiro atoms. The summed E-state index contributed by atoms with van der Waals surface area (Å²) in [4.78, 5) is 2.55. The molecule has 3 nitrogen and oxygen atoms in total. The van der Waals surface area contributed by atoms with Crippen molar-refractivity contribution in [3.8, 4) is 0 Å². The fraction of sp³-hybridized carbons (Fsp3) is 1.00. The van der Waals surface area contributed by atoms with Gasteiger partial charge in [0.1, 0.15) is 0 Å². The van der Waals surface area contributed by atoms with Gasteiger partial charge in [-0.1, -0.05) is 6.92 Å². The van der Waals surface area contributed by atoms with Crippen molar-refractivity contribution in [3.63, 3.8) is 0 Å². The molecule has 1 saturated heterocycles. The summed E-state index contributed by atoms with van der Waals surface area (Å²) in [6.45, 7) is 8.74. The molecule has 0 bridgehead atoms. The highest BCUT2D eigenvalue weighted by atomic mass is 16.5. The summed E-state index contributed by atoms with van der Waals surface area (Å²) in [6, 6.07) is 0.681. The first-order chi connectivity index (χ1) is 6.77. The Hall–Kier alpha value is -0.120. The molecule has 0 aromatic rings. The molecule has 1 heterocycles. The second-order valence-corrected chi connectivity index (χ2v) is 4.14. The fourth-order valence-corrected chi connectivity index (χ4v) is 1.93. The van der Waals surface area contributed by atoms with Crippen molar-refractivity contribution in [3.05, 3.63) is 0 Å². The molecule has 1 fully saturated rings. The van der Waals surface area contributed by atoms with Crippen molar-refractivity contribution >= 4 is 0 Å². The Kier molecular flexibility index (Phi) is 5.45. The molecule has 2 atom stereocenters. The van der Waals surface area contributed by atoms with Crippen LogP contribution in [0.4, 0.5) is 0 Å². The average Bonchev–Trinajstić information content (AvgIpc) is 2.26. The van der Waals surface area contributed by atoms with Gasteiger partial charge in [-0.2, -0.15) is 0 Å². The topological polar surface area (TPSA) is 24.5 Å². The Balaban J connectivity index is 2.27. The third kappa shape index (κ3) is 3.56. The van der Waals surface area contributed by atoms with Crippen molar-refractivity contribution in [2.24, 2.45) is 0 Å². The average molecular weight is 200 g/mol. The summed E-state index contributed by atoms with van der Waals surface area (Å²) in [5.41, 5.74) is 0. The second kappa shape index (κ2) is 6.38. The molecule has 2 unspecified atom stereocenters. The Morgan fingerprint density at radius 2 is 2.36 bits per heavy atom. The van der Waals surface area contributed by atoms with Crippen molar-refractivity contribution in [1.29, 1.82) is 0 Å². The van der Waals surface area contributed by atoms with E-state index in [0.29, 0.717) is 12.1 Å². The highest BCUT2D eigenvalue weighted by molar-refractivity contribution is 4.75. The molecule has 1 aliphatic rings. The van der Waals surface area contributed by atoms with Crippen molar-refractivity contribution in [2.45, 2.75) is 38.8 Å². The van der Waals surface area contributed by atoms with Crippen LogP contribution < -0.4 is 5.32 Å². The van der Waals surface area contributed by atoms with E-state index in [9.17, 15) is 0 Å². The van der Waals surface area contributed by atoms with E-state index in [0.717, 1.165) is 32.7 Å². The van der Waals surface area contributed by atoms with Crippen LogP contribution in [0.2, 0.25) is 0 Å². The Labute approximate surface area is 87.8 Å². The molecular weight excluding hydrogens is 176 g/mol. The lowest BCUT2D eigenvalue weighted by Crippen LogP contribution is -2.47. The summed E-state index contributed by atoms with van der Waals surface area (Å²) >= 11 is 0. The van der Waals surface area contributed by atoms with Crippen LogP contribution in [0, 0.1) is 0 Å². The van der Waals surface area contributed by atoms with Crippen LogP contribution in [0.1, 0.15) is 26.7 Å². The largest absolute Gasteiger partial charge is 0.376 e. The number of hydrogen-bond acceptors (Lipinski definition) is 3. The lowest BCUT2D eigenvalue weighted by Gasteiger charge is -2.36. The van der Waals surface area contributed by atoms with Gasteiger partial charge in [-0.05, 0) is 33.4 Å². The first kappa shape index (κ1) is 12.0. The first-order valence-electron chi connectivity index (χ1n) is 5.78. The minimum Gasteiger partial charge on any atom is -0.376 e. The summed E-state index contributed by atoms with van der Waals surface area (Å²) in [6.07, 6.45) is 2.82. The minimum absolute atomic E-state index is 0.459. The maximum Gasteiger partial charge on any atom is 0.0700 e. The van der Waals surface area contributed by atoms with Gasteiger partial charge in [-0.15, -0.1) is 0 Å². The predicted molar refractivity (Wildman–Crippen MR) is 59.6 cm³/mol. The zero-order valence-corrected chi connectivity index (χ0v) is 9.75. The molecule has 0 aliphatic carbocycles. The summed E-state index contributed by atoms with van der Waals surface area (Å²) in [5.74, 6) is 0. The molecule has 84 valence electrons. The van der Waals surface area contributed by atoms with Crippen LogP contribution in [-0.2, 0) is 4.74 Å². The molecule has 0 saturated carbocycles. The van der Waals surface area contributed by atoms with E-state index < -0.39 is 0 Å². The third-order valence-corrected chi connectivity index (χ3v) is 3.06. The Morgan fingerprint density at radius 3 is 3.00 bits per heavy atom. The van der Waals surface area contributed by atoms with Gasteiger partial charge in [0.2, 0.25) is 0 Å². The number of nitrogens with one attached hydrogen (secondary N) is 1. The second-order valence-electron chi connectivity index (χ2n) is 4.14. The minimum atomic E-state index is 0.459. The van der Waals surface area contributed by atoms with Crippen molar-refractivity contribution in [1.82, 2.24) is 10.2 Å². The summed E-state index contributed by atoms with van der Waals surface area (Å²) in [5, 5.41) is 3.20. The first-order valence-corrected chi connectivity index (χ1v) is 5.78. The smallest absolute Gasteiger partial charge is 0.0700 e. The standard InChI is InChI=1S/C11H24N2O/c1-4-11-9-13(7-8-14-11)10(2)5-6-12-3/h10-12H,4-9H2,1-3H3.